The lowest BCUT2D eigenvalue weighted by Gasteiger charge is -2.07. The Hall–Kier alpha value is -1.94. The molecule has 5 heteroatoms. The number of aromatic nitrogens is 2. The first-order valence-electron chi connectivity index (χ1n) is 4.85. The number of benzene rings is 1. The smallest absolute Gasteiger partial charge is 0.199 e. The second-order valence-corrected chi connectivity index (χ2v) is 3.74. The minimum Gasteiger partial charge on any atom is -0.496 e. The molecule has 0 spiro atoms. The molecule has 17 heavy (non-hydrogen) atoms. The lowest BCUT2D eigenvalue weighted by atomic mass is 10.1. The van der Waals surface area contributed by atoms with Gasteiger partial charge in [-0.25, -0.2) is 9.97 Å². The molecular weight excluding hydrogens is 240 g/mol. The van der Waals surface area contributed by atoms with Crippen LogP contribution in [0.4, 0.5) is 0 Å². The molecule has 0 aliphatic carbocycles. The van der Waals surface area contributed by atoms with E-state index in [0.717, 1.165) is 0 Å². The summed E-state index contributed by atoms with van der Waals surface area (Å²) in [4.78, 5) is 19.8. The highest BCUT2D eigenvalue weighted by Gasteiger charge is 2.15. The normalized spacial score (nSPS) is 10.0. The first kappa shape index (κ1) is 11.5. The van der Waals surface area contributed by atoms with Gasteiger partial charge in [0.25, 0.3) is 0 Å². The van der Waals surface area contributed by atoms with E-state index in [2.05, 4.69) is 9.97 Å². The largest absolute Gasteiger partial charge is 0.496 e. The number of carbonyl (C=O) groups excluding carboxylic acids is 1. The Morgan fingerprint density at radius 3 is 2.65 bits per heavy atom. The Labute approximate surface area is 103 Å². The molecule has 0 bridgehead atoms. The van der Waals surface area contributed by atoms with E-state index in [1.165, 1.54) is 25.8 Å². The van der Waals surface area contributed by atoms with E-state index in [9.17, 15) is 4.79 Å². The topological polar surface area (TPSA) is 52.1 Å². The van der Waals surface area contributed by atoms with Gasteiger partial charge in [0.15, 0.2) is 5.78 Å². The minimum absolute atomic E-state index is 0.218. The summed E-state index contributed by atoms with van der Waals surface area (Å²) < 4.78 is 5.12. The molecule has 0 aliphatic rings. The first-order valence-corrected chi connectivity index (χ1v) is 5.23. The maximum absolute atomic E-state index is 12.2. The molecule has 0 aliphatic heterocycles. The summed E-state index contributed by atoms with van der Waals surface area (Å²) in [7, 11) is 1.50. The molecule has 0 saturated heterocycles. The van der Waals surface area contributed by atoms with Gasteiger partial charge >= 0.3 is 0 Å². The lowest BCUT2D eigenvalue weighted by Crippen LogP contribution is -2.04. The van der Waals surface area contributed by atoms with Crippen LogP contribution in [0.2, 0.25) is 5.02 Å². The quantitative estimate of drug-likeness (QED) is 0.783. The van der Waals surface area contributed by atoms with Gasteiger partial charge in [-0.1, -0.05) is 11.6 Å². The van der Waals surface area contributed by atoms with Crippen molar-refractivity contribution in [3.8, 4) is 5.75 Å². The van der Waals surface area contributed by atoms with Crippen LogP contribution in [0.5, 0.6) is 5.75 Å². The molecule has 86 valence electrons. The number of carbonyl (C=O) groups is 1. The number of ether oxygens (including phenoxy) is 1. The zero-order chi connectivity index (χ0) is 12.3. The van der Waals surface area contributed by atoms with Crippen molar-refractivity contribution in [3.05, 3.63) is 53.1 Å². The van der Waals surface area contributed by atoms with E-state index < -0.39 is 0 Å². The predicted octanol–water partition coefficient (Wildman–Crippen LogP) is 2.37. The summed E-state index contributed by atoms with van der Waals surface area (Å²) in [5.41, 5.74) is 0.794. The number of methoxy groups -OCH3 is 1. The molecule has 0 atom stereocenters. The molecular formula is C12H9ClN2O2. The van der Waals surface area contributed by atoms with Gasteiger partial charge in [-0.2, -0.15) is 0 Å². The molecule has 0 fully saturated rings. The monoisotopic (exact) mass is 248 g/mol. The van der Waals surface area contributed by atoms with Gasteiger partial charge in [-0.05, 0) is 18.2 Å². The van der Waals surface area contributed by atoms with Crippen LogP contribution >= 0.6 is 11.6 Å². The molecule has 4 nitrogen and oxygen atoms in total. The van der Waals surface area contributed by atoms with E-state index in [1.807, 2.05) is 0 Å². The first-order chi connectivity index (χ1) is 8.22. The standard InChI is InChI=1S/C12H9ClN2O2/c1-17-11-3-2-9(13)4-10(11)12(16)8-5-14-7-15-6-8/h2-7H,1H3. The zero-order valence-electron chi connectivity index (χ0n) is 9.05. The van der Waals surface area contributed by atoms with Crippen molar-refractivity contribution in [1.29, 1.82) is 0 Å². The maximum Gasteiger partial charge on any atom is 0.199 e. The van der Waals surface area contributed by atoms with Crippen LogP contribution in [0.15, 0.2) is 36.9 Å². The average Bonchev–Trinajstić information content (AvgIpc) is 2.39. The fraction of sp³-hybridized carbons (Fsp3) is 0.0833. The van der Waals surface area contributed by atoms with Gasteiger partial charge < -0.3 is 4.74 Å². The van der Waals surface area contributed by atoms with Gasteiger partial charge in [0, 0.05) is 17.4 Å². The average molecular weight is 249 g/mol. The highest BCUT2D eigenvalue weighted by atomic mass is 35.5. The molecule has 1 aromatic heterocycles. The number of nitrogens with zero attached hydrogens (tertiary/aromatic N) is 2. The number of hydrogen-bond acceptors (Lipinski definition) is 4. The number of hydrogen-bond donors (Lipinski definition) is 0. The van der Waals surface area contributed by atoms with Crippen molar-refractivity contribution < 1.29 is 9.53 Å². The Kier molecular flexibility index (Phi) is 3.35. The molecule has 0 unspecified atom stereocenters. The number of ketones is 1. The van der Waals surface area contributed by atoms with Crippen LogP contribution in [0.3, 0.4) is 0 Å². The van der Waals surface area contributed by atoms with Crippen molar-refractivity contribution in [3.63, 3.8) is 0 Å². The summed E-state index contributed by atoms with van der Waals surface area (Å²) in [5, 5.41) is 0.478. The van der Waals surface area contributed by atoms with Crippen LogP contribution in [0, 0.1) is 0 Å². The van der Waals surface area contributed by atoms with Crippen LogP contribution < -0.4 is 4.74 Å². The van der Waals surface area contributed by atoms with Gasteiger partial charge in [0.2, 0.25) is 0 Å². The second kappa shape index (κ2) is 4.93. The Morgan fingerprint density at radius 1 is 1.29 bits per heavy atom. The summed E-state index contributed by atoms with van der Waals surface area (Å²) >= 11 is 5.87. The van der Waals surface area contributed by atoms with Crippen molar-refractivity contribution >= 4 is 17.4 Å². The summed E-state index contributed by atoms with van der Waals surface area (Å²) in [6.45, 7) is 0. The Balaban J connectivity index is 2.47. The Bertz CT molecular complexity index is 543. The third-order valence-corrected chi connectivity index (χ3v) is 2.46. The molecule has 1 aromatic carbocycles. The number of rotatable bonds is 3. The molecule has 0 amide bonds. The summed E-state index contributed by atoms with van der Waals surface area (Å²) in [5.74, 6) is 0.258. The van der Waals surface area contributed by atoms with E-state index >= 15 is 0 Å². The fourth-order valence-corrected chi connectivity index (χ4v) is 1.60. The van der Waals surface area contributed by atoms with E-state index in [1.54, 1.807) is 18.2 Å². The van der Waals surface area contributed by atoms with Gasteiger partial charge in [0.1, 0.15) is 12.1 Å². The van der Waals surface area contributed by atoms with Crippen LogP contribution in [-0.2, 0) is 0 Å². The summed E-state index contributed by atoms with van der Waals surface area (Å²) in [6.07, 6.45) is 4.28. The van der Waals surface area contributed by atoms with Crippen molar-refractivity contribution in [2.75, 3.05) is 7.11 Å². The van der Waals surface area contributed by atoms with E-state index in [0.29, 0.717) is 21.9 Å². The van der Waals surface area contributed by atoms with Gasteiger partial charge in [-0.15, -0.1) is 0 Å². The van der Waals surface area contributed by atoms with Gasteiger partial charge in [-0.3, -0.25) is 4.79 Å². The SMILES string of the molecule is COc1ccc(Cl)cc1C(=O)c1cncnc1. The Morgan fingerprint density at radius 2 is 2.00 bits per heavy atom. The molecule has 2 aromatic rings. The predicted molar refractivity (Wildman–Crippen MR) is 63.5 cm³/mol. The molecule has 0 N–H and O–H groups in total. The third kappa shape index (κ3) is 2.42. The molecule has 0 saturated carbocycles. The van der Waals surface area contributed by atoms with Crippen molar-refractivity contribution in [2.24, 2.45) is 0 Å². The fourth-order valence-electron chi connectivity index (χ4n) is 1.43. The molecule has 2 rings (SSSR count). The lowest BCUT2D eigenvalue weighted by molar-refractivity contribution is 0.103. The highest BCUT2D eigenvalue weighted by molar-refractivity contribution is 6.31. The van der Waals surface area contributed by atoms with Crippen molar-refractivity contribution in [2.45, 2.75) is 0 Å². The molecule has 1 heterocycles. The van der Waals surface area contributed by atoms with Crippen LogP contribution in [0.25, 0.3) is 0 Å². The van der Waals surface area contributed by atoms with E-state index in [4.69, 9.17) is 16.3 Å². The number of halogens is 1. The highest BCUT2D eigenvalue weighted by Crippen LogP contribution is 2.24. The minimum atomic E-state index is -0.218. The summed E-state index contributed by atoms with van der Waals surface area (Å²) in [6, 6.07) is 4.88. The van der Waals surface area contributed by atoms with Gasteiger partial charge in [0.05, 0.1) is 18.2 Å². The third-order valence-electron chi connectivity index (χ3n) is 2.23. The zero-order valence-corrected chi connectivity index (χ0v) is 9.81. The second-order valence-electron chi connectivity index (χ2n) is 3.30. The molecule has 0 radical (unpaired) electrons. The van der Waals surface area contributed by atoms with E-state index in [-0.39, 0.29) is 5.78 Å². The van der Waals surface area contributed by atoms with Crippen LogP contribution in [-0.4, -0.2) is 22.9 Å². The van der Waals surface area contributed by atoms with Crippen molar-refractivity contribution in [1.82, 2.24) is 9.97 Å². The van der Waals surface area contributed by atoms with Crippen LogP contribution in [0.1, 0.15) is 15.9 Å². The maximum atomic E-state index is 12.2.